The summed E-state index contributed by atoms with van der Waals surface area (Å²) in [7, 11) is -1.37. The molecule has 0 bridgehead atoms. The average Bonchev–Trinajstić information content (AvgIpc) is 2.29. The fourth-order valence-corrected chi connectivity index (χ4v) is 4.55. The van der Waals surface area contributed by atoms with Gasteiger partial charge in [0, 0.05) is 25.7 Å². The highest BCUT2D eigenvalue weighted by Crippen LogP contribution is 2.21. The highest BCUT2D eigenvalue weighted by atomic mass is 32.2. The second-order valence-corrected chi connectivity index (χ2v) is 7.11. The molecule has 1 saturated heterocycles. The molecule has 6 heteroatoms. The third-order valence-electron chi connectivity index (χ3n) is 3.48. The molecule has 0 radical (unpaired) electrons. The molecule has 0 spiro atoms. The zero-order valence-electron chi connectivity index (χ0n) is 12.0. The minimum Gasteiger partial charge on any atom is -0.319 e. The van der Waals surface area contributed by atoms with Crippen LogP contribution in [-0.4, -0.2) is 56.3 Å². The first kappa shape index (κ1) is 15.9. The maximum atomic E-state index is 12.5. The summed E-state index contributed by atoms with van der Waals surface area (Å²) in [5.41, 5.74) is 0. The molecule has 0 aromatic carbocycles. The number of piperidine rings is 1. The average molecular weight is 277 g/mol. The molecule has 1 aliphatic rings. The van der Waals surface area contributed by atoms with Crippen LogP contribution >= 0.6 is 0 Å². The Hall–Kier alpha value is -0.170. The van der Waals surface area contributed by atoms with Crippen molar-refractivity contribution >= 4 is 10.2 Å². The zero-order valence-corrected chi connectivity index (χ0v) is 12.8. The quantitative estimate of drug-likeness (QED) is 0.784. The highest BCUT2D eigenvalue weighted by Gasteiger charge is 2.33. The van der Waals surface area contributed by atoms with Crippen molar-refractivity contribution in [2.24, 2.45) is 5.92 Å². The van der Waals surface area contributed by atoms with Crippen LogP contribution in [-0.2, 0) is 10.2 Å². The second kappa shape index (κ2) is 6.84. The Labute approximate surface area is 112 Å². The lowest BCUT2D eigenvalue weighted by Gasteiger charge is -2.36. The summed E-state index contributed by atoms with van der Waals surface area (Å²) < 4.78 is 28.3. The van der Waals surface area contributed by atoms with Crippen LogP contribution < -0.4 is 5.32 Å². The molecule has 1 rings (SSSR count). The number of hydrogen-bond donors (Lipinski definition) is 1. The van der Waals surface area contributed by atoms with E-state index in [1.165, 1.54) is 0 Å². The summed E-state index contributed by atoms with van der Waals surface area (Å²) >= 11 is 0. The van der Waals surface area contributed by atoms with E-state index in [0.717, 1.165) is 19.4 Å². The molecule has 1 aliphatic heterocycles. The molecule has 1 N–H and O–H groups in total. The van der Waals surface area contributed by atoms with E-state index in [-0.39, 0.29) is 6.04 Å². The predicted molar refractivity (Wildman–Crippen MR) is 74.7 cm³/mol. The topological polar surface area (TPSA) is 52.7 Å². The Morgan fingerprint density at radius 3 is 2.61 bits per heavy atom. The van der Waals surface area contributed by atoms with E-state index in [2.05, 4.69) is 5.32 Å². The van der Waals surface area contributed by atoms with E-state index in [0.29, 0.717) is 25.6 Å². The number of rotatable bonds is 6. The van der Waals surface area contributed by atoms with Crippen LogP contribution in [0.3, 0.4) is 0 Å². The van der Waals surface area contributed by atoms with Gasteiger partial charge in [-0.2, -0.15) is 17.0 Å². The molecule has 108 valence electrons. The minimum absolute atomic E-state index is 0.0182. The van der Waals surface area contributed by atoms with Crippen molar-refractivity contribution in [3.05, 3.63) is 0 Å². The van der Waals surface area contributed by atoms with Gasteiger partial charge in [0.25, 0.3) is 10.2 Å². The molecule has 1 unspecified atom stereocenters. The zero-order chi connectivity index (χ0) is 13.8. The molecule has 1 fully saturated rings. The molecule has 0 aliphatic carbocycles. The van der Waals surface area contributed by atoms with Crippen LogP contribution in [0.2, 0.25) is 0 Å². The Morgan fingerprint density at radius 1 is 1.44 bits per heavy atom. The Morgan fingerprint density at radius 2 is 2.11 bits per heavy atom. The molecule has 0 aromatic heterocycles. The summed E-state index contributed by atoms with van der Waals surface area (Å²) in [5, 5.41) is 3.14. The van der Waals surface area contributed by atoms with Gasteiger partial charge in [-0.05, 0) is 46.2 Å². The third-order valence-corrected chi connectivity index (χ3v) is 5.74. The van der Waals surface area contributed by atoms with E-state index in [1.54, 1.807) is 8.61 Å². The molecule has 1 atom stereocenters. The SMILES string of the molecule is CCN(C(C)C)S(=O)(=O)N1CCCC(CNC)C1. The fraction of sp³-hybridized carbons (Fsp3) is 1.00. The van der Waals surface area contributed by atoms with E-state index >= 15 is 0 Å². The first-order valence-corrected chi connectivity index (χ1v) is 8.24. The summed E-state index contributed by atoms with van der Waals surface area (Å²) in [6, 6.07) is 0.0182. The van der Waals surface area contributed by atoms with Crippen molar-refractivity contribution in [1.82, 2.24) is 13.9 Å². The van der Waals surface area contributed by atoms with Gasteiger partial charge in [0.2, 0.25) is 0 Å². The van der Waals surface area contributed by atoms with Crippen LogP contribution in [0.1, 0.15) is 33.6 Å². The van der Waals surface area contributed by atoms with E-state index in [1.807, 2.05) is 27.8 Å². The standard InChI is InChI=1S/C12H27N3O2S/c1-5-15(11(2)3)18(16,17)14-8-6-7-12(10-14)9-13-4/h11-13H,5-10H2,1-4H3. The summed E-state index contributed by atoms with van der Waals surface area (Å²) in [6.07, 6.45) is 2.07. The lowest BCUT2D eigenvalue weighted by Crippen LogP contribution is -2.51. The lowest BCUT2D eigenvalue weighted by atomic mass is 10.00. The van der Waals surface area contributed by atoms with E-state index in [4.69, 9.17) is 0 Å². The van der Waals surface area contributed by atoms with Gasteiger partial charge in [-0.25, -0.2) is 0 Å². The third kappa shape index (κ3) is 3.66. The normalized spacial score (nSPS) is 22.9. The van der Waals surface area contributed by atoms with Crippen molar-refractivity contribution in [2.75, 3.05) is 33.2 Å². The minimum atomic E-state index is -3.29. The molecule has 5 nitrogen and oxygen atoms in total. The Balaban J connectivity index is 2.78. The Kier molecular flexibility index (Phi) is 6.04. The van der Waals surface area contributed by atoms with Gasteiger partial charge in [-0.3, -0.25) is 0 Å². The van der Waals surface area contributed by atoms with Crippen molar-refractivity contribution in [3.8, 4) is 0 Å². The van der Waals surface area contributed by atoms with Crippen LogP contribution in [0.4, 0.5) is 0 Å². The lowest BCUT2D eigenvalue weighted by molar-refractivity contribution is 0.237. The molecule has 0 saturated carbocycles. The van der Waals surface area contributed by atoms with Gasteiger partial charge >= 0.3 is 0 Å². The van der Waals surface area contributed by atoms with E-state index < -0.39 is 10.2 Å². The molecule has 18 heavy (non-hydrogen) atoms. The first-order valence-electron chi connectivity index (χ1n) is 6.85. The van der Waals surface area contributed by atoms with Crippen molar-refractivity contribution in [1.29, 1.82) is 0 Å². The summed E-state index contributed by atoms with van der Waals surface area (Å²) in [5.74, 6) is 0.435. The fourth-order valence-electron chi connectivity index (χ4n) is 2.63. The molecular formula is C12H27N3O2S. The van der Waals surface area contributed by atoms with Crippen LogP contribution in [0.25, 0.3) is 0 Å². The van der Waals surface area contributed by atoms with Crippen molar-refractivity contribution in [2.45, 2.75) is 39.7 Å². The molecule has 0 amide bonds. The smallest absolute Gasteiger partial charge is 0.282 e. The summed E-state index contributed by atoms with van der Waals surface area (Å²) in [6.45, 7) is 8.48. The van der Waals surface area contributed by atoms with Crippen LogP contribution in [0.5, 0.6) is 0 Å². The second-order valence-electron chi connectivity index (χ2n) is 5.23. The van der Waals surface area contributed by atoms with Gasteiger partial charge in [-0.1, -0.05) is 6.92 Å². The number of nitrogens with one attached hydrogen (secondary N) is 1. The summed E-state index contributed by atoms with van der Waals surface area (Å²) in [4.78, 5) is 0. The monoisotopic (exact) mass is 277 g/mol. The van der Waals surface area contributed by atoms with Gasteiger partial charge in [0.15, 0.2) is 0 Å². The first-order chi connectivity index (χ1) is 8.43. The van der Waals surface area contributed by atoms with Crippen LogP contribution in [0, 0.1) is 5.92 Å². The largest absolute Gasteiger partial charge is 0.319 e. The molecular weight excluding hydrogens is 250 g/mol. The number of hydrogen-bond acceptors (Lipinski definition) is 3. The maximum absolute atomic E-state index is 12.5. The van der Waals surface area contributed by atoms with Crippen molar-refractivity contribution < 1.29 is 8.42 Å². The Bertz CT molecular complexity index is 341. The predicted octanol–water partition coefficient (Wildman–Crippen LogP) is 0.893. The van der Waals surface area contributed by atoms with Gasteiger partial charge < -0.3 is 5.32 Å². The van der Waals surface area contributed by atoms with Gasteiger partial charge in [0.1, 0.15) is 0 Å². The highest BCUT2D eigenvalue weighted by molar-refractivity contribution is 7.86. The van der Waals surface area contributed by atoms with Crippen LogP contribution in [0.15, 0.2) is 0 Å². The molecule has 1 heterocycles. The maximum Gasteiger partial charge on any atom is 0.282 e. The molecule has 0 aromatic rings. The van der Waals surface area contributed by atoms with Gasteiger partial charge in [-0.15, -0.1) is 0 Å². The number of nitrogens with zero attached hydrogens (tertiary/aromatic N) is 2. The van der Waals surface area contributed by atoms with E-state index in [9.17, 15) is 8.42 Å². The van der Waals surface area contributed by atoms with Gasteiger partial charge in [0.05, 0.1) is 0 Å². The van der Waals surface area contributed by atoms with Crippen molar-refractivity contribution in [3.63, 3.8) is 0 Å².